The Balaban J connectivity index is 0.00000323. The molecule has 198 valence electrons. The summed E-state index contributed by atoms with van der Waals surface area (Å²) in [6.45, 7) is 0. The zero-order valence-electron chi connectivity index (χ0n) is 21.6. The van der Waals surface area contributed by atoms with Crippen molar-refractivity contribution in [2.24, 2.45) is 0 Å². The fourth-order valence-corrected chi connectivity index (χ4v) is 12.2. The van der Waals surface area contributed by atoms with Crippen LogP contribution in [0.5, 0.6) is 0 Å². The molecule has 1 heterocycles. The van der Waals surface area contributed by atoms with Gasteiger partial charge in [-0.05, 0) is 54.1 Å². The summed E-state index contributed by atoms with van der Waals surface area (Å²) < 4.78 is 1.26. The van der Waals surface area contributed by atoms with Gasteiger partial charge in [0.2, 0.25) is 5.44 Å². The first-order valence-electron chi connectivity index (χ1n) is 12.7. The van der Waals surface area contributed by atoms with Gasteiger partial charge < -0.3 is 0 Å². The zero-order chi connectivity index (χ0) is 26.5. The number of thiazole rings is 1. The molecule has 0 aliphatic carbocycles. The van der Waals surface area contributed by atoms with Crippen molar-refractivity contribution in [3.8, 4) is 10.6 Å². The van der Waals surface area contributed by atoms with Gasteiger partial charge in [0.25, 0.3) is 0 Å². The Morgan fingerprint density at radius 1 is 0.600 bits per heavy atom. The Kier molecular flexibility index (Phi) is 9.77. The summed E-state index contributed by atoms with van der Waals surface area (Å²) in [6.07, 6.45) is 0. The van der Waals surface area contributed by atoms with Gasteiger partial charge in [0.05, 0.1) is 0 Å². The highest BCUT2D eigenvalue weighted by atomic mass is 127. The van der Waals surface area contributed by atoms with Crippen molar-refractivity contribution < 1.29 is 0 Å². The van der Waals surface area contributed by atoms with Crippen LogP contribution < -0.4 is 21.3 Å². The van der Waals surface area contributed by atoms with E-state index in [0.717, 1.165) is 21.3 Å². The molecule has 0 unspecified atom stereocenters. The number of hydrogen-bond donors (Lipinski definition) is 0. The fraction of sp³-hybridized carbons (Fsp3) is 0.0294. The maximum Gasteiger partial charge on any atom is 0.223 e. The van der Waals surface area contributed by atoms with E-state index in [0.29, 0.717) is 0 Å². The van der Waals surface area contributed by atoms with Crippen LogP contribution >= 0.6 is 65.9 Å². The number of benzene rings is 5. The van der Waals surface area contributed by atoms with E-state index in [1.54, 1.807) is 11.3 Å². The lowest BCUT2D eigenvalue weighted by atomic mass is 10.2. The van der Waals surface area contributed by atoms with Crippen molar-refractivity contribution in [3.05, 3.63) is 156 Å². The molecule has 0 spiro atoms. The normalized spacial score (nSPS) is 11.1. The van der Waals surface area contributed by atoms with Crippen molar-refractivity contribution in [2.75, 3.05) is 0 Å². The molecular formula is C34H27ClINPS2+. The quantitative estimate of drug-likeness (QED) is 0.0891. The second-order valence-corrected chi connectivity index (χ2v) is 15.1. The first kappa shape index (κ1) is 29.0. The van der Waals surface area contributed by atoms with Gasteiger partial charge in [-0.25, -0.2) is 0 Å². The Labute approximate surface area is 267 Å². The molecule has 0 amide bonds. The number of rotatable bonds is 8. The minimum Gasteiger partial charge on any atom is -0.200 e. The summed E-state index contributed by atoms with van der Waals surface area (Å²) in [4.78, 5) is 5.53. The van der Waals surface area contributed by atoms with Crippen molar-refractivity contribution in [1.82, 2.24) is 4.98 Å². The third-order valence-electron chi connectivity index (χ3n) is 6.63. The van der Waals surface area contributed by atoms with Crippen LogP contribution in [-0.4, -0.2) is 4.98 Å². The van der Waals surface area contributed by atoms with Crippen molar-refractivity contribution >= 4 is 87.3 Å². The average Bonchev–Trinajstić information content (AvgIpc) is 3.43. The summed E-state index contributed by atoms with van der Waals surface area (Å²) in [5.74, 6) is 0.883. The Morgan fingerprint density at radius 3 is 1.52 bits per heavy atom. The Bertz CT molecular complexity index is 1550. The Hall–Kier alpha value is -2.47. The van der Waals surface area contributed by atoms with E-state index in [1.165, 1.54) is 31.1 Å². The van der Waals surface area contributed by atoms with E-state index in [4.69, 9.17) is 16.6 Å². The molecule has 0 saturated heterocycles. The standard InChI is InChI=1S/C34H26ClNPS2.HI/c35-28-23-21-27(22-24-28)33-36-32(34(39-33)38-25-26-13-5-1-6-14-26)37(29-15-7-2-8-16-29,30-17-9-3-10-18-30)31-19-11-4-12-20-31;/h1-24H,25H2;1H/q+1;. The molecule has 0 fully saturated rings. The number of hydrogen-bond acceptors (Lipinski definition) is 3. The van der Waals surface area contributed by atoms with Gasteiger partial charge in [0, 0.05) is 16.3 Å². The van der Waals surface area contributed by atoms with Crippen LogP contribution in [0.1, 0.15) is 5.56 Å². The van der Waals surface area contributed by atoms with Gasteiger partial charge in [-0.2, -0.15) is 4.98 Å². The van der Waals surface area contributed by atoms with Crippen LogP contribution in [0.25, 0.3) is 10.6 Å². The molecule has 0 aliphatic heterocycles. The predicted molar refractivity (Wildman–Crippen MR) is 189 cm³/mol. The van der Waals surface area contributed by atoms with E-state index < -0.39 is 7.26 Å². The molecule has 6 heteroatoms. The summed E-state index contributed by atoms with van der Waals surface area (Å²) in [6, 6.07) is 51.6. The number of halogens is 2. The molecule has 5 aromatic carbocycles. The van der Waals surface area contributed by atoms with Crippen LogP contribution in [0.4, 0.5) is 0 Å². The van der Waals surface area contributed by atoms with Gasteiger partial charge >= 0.3 is 0 Å². The molecule has 1 nitrogen and oxygen atoms in total. The third kappa shape index (κ3) is 5.93. The molecule has 6 rings (SSSR count). The second-order valence-electron chi connectivity index (χ2n) is 9.09. The van der Waals surface area contributed by atoms with Crippen LogP contribution in [0.3, 0.4) is 0 Å². The number of nitrogens with zero attached hydrogens (tertiary/aromatic N) is 1. The van der Waals surface area contributed by atoms with Crippen molar-refractivity contribution in [3.63, 3.8) is 0 Å². The van der Waals surface area contributed by atoms with E-state index in [2.05, 4.69) is 133 Å². The SMILES string of the molecule is Clc1ccc(-c2nc([P+](c3ccccc3)(c3ccccc3)c3ccccc3)c(SCc3ccccc3)s2)cc1.I. The lowest BCUT2D eigenvalue weighted by molar-refractivity contribution is 1.40. The van der Waals surface area contributed by atoms with Crippen LogP contribution in [-0.2, 0) is 5.75 Å². The third-order valence-corrected chi connectivity index (χ3v) is 13.8. The highest BCUT2D eigenvalue weighted by molar-refractivity contribution is 14.0. The second kappa shape index (κ2) is 13.5. The minimum atomic E-state index is -2.32. The molecule has 0 N–H and O–H groups in total. The first-order chi connectivity index (χ1) is 19.2. The van der Waals surface area contributed by atoms with Gasteiger partial charge in [0.1, 0.15) is 25.1 Å². The maximum atomic E-state index is 6.25. The van der Waals surface area contributed by atoms with Gasteiger partial charge in [-0.3, -0.25) is 0 Å². The summed E-state index contributed by atoms with van der Waals surface area (Å²) in [7, 11) is -2.32. The molecule has 0 bridgehead atoms. The molecule has 40 heavy (non-hydrogen) atoms. The van der Waals surface area contributed by atoms with Crippen molar-refractivity contribution in [1.29, 1.82) is 0 Å². The average molecular weight is 707 g/mol. The fourth-order valence-electron chi connectivity index (χ4n) is 4.81. The number of aromatic nitrogens is 1. The smallest absolute Gasteiger partial charge is 0.200 e. The first-order valence-corrected chi connectivity index (χ1v) is 16.7. The monoisotopic (exact) mass is 706 g/mol. The maximum absolute atomic E-state index is 6.25. The summed E-state index contributed by atoms with van der Waals surface area (Å²) in [5.41, 5.74) is 3.56. The van der Waals surface area contributed by atoms with E-state index in [9.17, 15) is 0 Å². The van der Waals surface area contributed by atoms with Crippen LogP contribution in [0, 0.1) is 0 Å². The van der Waals surface area contributed by atoms with Crippen molar-refractivity contribution in [2.45, 2.75) is 9.96 Å². The molecular weight excluding hydrogens is 680 g/mol. The lowest BCUT2D eigenvalue weighted by Gasteiger charge is -2.26. The number of thioether (sulfide) groups is 1. The van der Waals surface area contributed by atoms with Gasteiger partial charge in [-0.1, -0.05) is 109 Å². The Morgan fingerprint density at radius 2 is 1.05 bits per heavy atom. The molecule has 1 aromatic heterocycles. The topological polar surface area (TPSA) is 12.9 Å². The molecule has 6 aromatic rings. The van der Waals surface area contributed by atoms with Gasteiger partial charge in [0.15, 0.2) is 7.26 Å². The van der Waals surface area contributed by atoms with Gasteiger partial charge in [-0.15, -0.1) is 47.1 Å². The lowest BCUT2D eigenvalue weighted by Crippen LogP contribution is -2.39. The van der Waals surface area contributed by atoms with E-state index >= 15 is 0 Å². The van der Waals surface area contributed by atoms with E-state index in [-0.39, 0.29) is 24.0 Å². The predicted octanol–water partition coefficient (Wildman–Crippen LogP) is 8.99. The molecule has 0 radical (unpaired) electrons. The largest absolute Gasteiger partial charge is 0.223 e. The minimum absolute atomic E-state index is 0. The van der Waals surface area contributed by atoms with E-state index in [1.807, 2.05) is 23.9 Å². The molecule has 0 saturated carbocycles. The highest BCUT2D eigenvalue weighted by Crippen LogP contribution is 2.57. The summed E-state index contributed by atoms with van der Waals surface area (Å²) in [5, 5.41) is 5.66. The van der Waals surface area contributed by atoms with Crippen LogP contribution in [0.15, 0.2) is 150 Å². The summed E-state index contributed by atoms with van der Waals surface area (Å²) >= 11 is 9.92. The molecule has 0 aliphatic rings. The zero-order valence-corrected chi connectivity index (χ0v) is 27.2. The highest BCUT2D eigenvalue weighted by Gasteiger charge is 2.52. The molecule has 0 atom stereocenters. The van der Waals surface area contributed by atoms with Crippen LogP contribution in [0.2, 0.25) is 5.02 Å².